The van der Waals surface area contributed by atoms with Crippen molar-refractivity contribution in [1.82, 2.24) is 0 Å². The van der Waals surface area contributed by atoms with Gasteiger partial charge in [0.1, 0.15) is 0 Å². The minimum Gasteiger partial charge on any atom is -0.213 e. The second-order valence-electron chi connectivity index (χ2n) is 8.34. The van der Waals surface area contributed by atoms with E-state index < -0.39 is 15.8 Å². The van der Waals surface area contributed by atoms with Crippen LogP contribution in [0.2, 0.25) is 0 Å². The molecule has 0 aliphatic heterocycles. The molecule has 0 spiro atoms. The Morgan fingerprint density at radius 1 is 0.390 bits per heavy atom. The molecular weight excluding hydrogens is 810 g/mol. The molecule has 0 unspecified atom stereocenters. The van der Waals surface area contributed by atoms with Gasteiger partial charge in [0.25, 0.3) is 0 Å². The zero-order chi connectivity index (χ0) is 27.1. The Hall–Kier alpha value is -1.14. The predicted octanol–water partition coefficient (Wildman–Crippen LogP) is 7.70. The molecular formula is C34H28Cl2FeP2Pd2+2. The molecule has 0 saturated heterocycles. The van der Waals surface area contributed by atoms with Crippen molar-refractivity contribution >= 4 is 66.7 Å². The molecule has 0 fully saturated rings. The zero-order valence-electron chi connectivity index (χ0n) is 21.8. The fraction of sp³-hybridized carbons (Fsp3) is 0. The summed E-state index contributed by atoms with van der Waals surface area (Å²) in [5.41, 5.74) is 0. The number of hydrogen-bond donors (Lipinski definition) is 0. The first-order valence-corrected chi connectivity index (χ1v) is 19.1. The molecule has 0 atom stereocenters. The summed E-state index contributed by atoms with van der Waals surface area (Å²) in [6, 6.07) is 60.5. The van der Waals surface area contributed by atoms with Gasteiger partial charge in [-0.05, 0) is 21.2 Å². The van der Waals surface area contributed by atoms with Gasteiger partial charge in [-0.1, -0.05) is 137 Å². The van der Waals surface area contributed by atoms with Gasteiger partial charge in [-0.15, -0.1) is 10.6 Å². The number of halogens is 2. The maximum atomic E-state index is 4.81. The van der Waals surface area contributed by atoms with Crippen LogP contribution in [0.3, 0.4) is 0 Å². The van der Waals surface area contributed by atoms with Crippen molar-refractivity contribution in [3.63, 3.8) is 0 Å². The third-order valence-corrected chi connectivity index (χ3v) is 10.8. The van der Waals surface area contributed by atoms with Crippen LogP contribution >= 0.6 is 34.9 Å². The molecule has 41 heavy (non-hydrogen) atoms. The first kappa shape index (κ1) is 36.1. The van der Waals surface area contributed by atoms with E-state index in [4.69, 9.17) is 19.1 Å². The van der Waals surface area contributed by atoms with E-state index in [1.165, 1.54) is 31.8 Å². The Morgan fingerprint density at radius 2 is 0.585 bits per heavy atom. The summed E-state index contributed by atoms with van der Waals surface area (Å²) < 4.78 is 0. The Morgan fingerprint density at radius 3 is 0.780 bits per heavy atom. The van der Waals surface area contributed by atoms with Crippen LogP contribution in [0.4, 0.5) is 0 Å². The molecule has 6 aromatic rings. The van der Waals surface area contributed by atoms with Crippen LogP contribution in [-0.4, -0.2) is 0 Å². The summed E-state index contributed by atoms with van der Waals surface area (Å²) >= 11 is -0.106. The molecule has 7 heteroatoms. The fourth-order valence-corrected chi connectivity index (χ4v) is 8.84. The number of hydrogen-bond acceptors (Lipinski definition) is 0. The van der Waals surface area contributed by atoms with Crippen LogP contribution in [0, 0.1) is 0 Å². The van der Waals surface area contributed by atoms with Gasteiger partial charge in [0.15, 0.2) is 0 Å². The van der Waals surface area contributed by atoms with E-state index in [1.807, 2.05) is 0 Å². The van der Waals surface area contributed by atoms with Crippen molar-refractivity contribution < 1.29 is 53.4 Å². The molecule has 0 heterocycles. The van der Waals surface area contributed by atoms with Crippen LogP contribution in [-0.2, 0) is 53.4 Å². The fourth-order valence-electron chi connectivity index (χ4n) is 4.23. The van der Waals surface area contributed by atoms with E-state index in [9.17, 15) is 0 Å². The molecule has 0 aliphatic rings. The van der Waals surface area contributed by atoms with Crippen LogP contribution in [0.25, 0.3) is 0 Å². The molecule has 0 aliphatic carbocycles. The molecule has 0 saturated carbocycles. The topological polar surface area (TPSA) is 0 Å². The average Bonchev–Trinajstić information content (AvgIpc) is 3.72. The minimum absolute atomic E-state index is 0. The SMILES string of the molecule is [Cl][Pd][Cl].[Fe+2].[Pd+2].c1ccc(P(c2ccccc2)[c-]2cccc2)cc1.c1ccc(P(c2ccccc2)[c-]2cccc2)cc1. The third-order valence-electron chi connectivity index (χ3n) is 5.86. The summed E-state index contributed by atoms with van der Waals surface area (Å²) in [5, 5.41) is 8.47. The molecule has 6 rings (SSSR count). The smallest absolute Gasteiger partial charge is 0.213 e. The first-order chi connectivity index (χ1) is 19.3. The van der Waals surface area contributed by atoms with Gasteiger partial charge in [0.05, 0.1) is 0 Å². The van der Waals surface area contributed by atoms with Crippen molar-refractivity contribution in [3.05, 3.63) is 170 Å². The van der Waals surface area contributed by atoms with Gasteiger partial charge in [-0.25, -0.2) is 24.3 Å². The monoisotopic (exact) mass is 836 g/mol. The summed E-state index contributed by atoms with van der Waals surface area (Å²) in [7, 11) is 8.81. The maximum absolute atomic E-state index is 4.81. The zero-order valence-corrected chi connectivity index (χ0v) is 29.3. The van der Waals surface area contributed by atoms with Crippen LogP contribution in [0.5, 0.6) is 0 Å². The second kappa shape index (κ2) is 20.7. The van der Waals surface area contributed by atoms with Gasteiger partial charge in [-0.3, -0.25) is 0 Å². The van der Waals surface area contributed by atoms with Crippen molar-refractivity contribution in [1.29, 1.82) is 0 Å². The normalized spacial score (nSPS) is 9.95. The third kappa shape index (κ3) is 11.1. The summed E-state index contributed by atoms with van der Waals surface area (Å²) in [6.07, 6.45) is 0. The van der Waals surface area contributed by atoms with Gasteiger partial charge in [-0.2, -0.15) is 24.3 Å². The number of rotatable bonds is 6. The van der Waals surface area contributed by atoms with Crippen molar-refractivity contribution in [2.24, 2.45) is 0 Å². The van der Waals surface area contributed by atoms with E-state index in [1.54, 1.807) is 0 Å². The quantitative estimate of drug-likeness (QED) is 0.0918. The summed E-state index contributed by atoms with van der Waals surface area (Å²) in [4.78, 5) is 0. The average molecular weight is 838 g/mol. The Kier molecular flexibility index (Phi) is 18.2. The molecule has 214 valence electrons. The molecule has 0 radical (unpaired) electrons. The van der Waals surface area contributed by atoms with E-state index in [2.05, 4.69) is 170 Å². The first-order valence-electron chi connectivity index (χ1n) is 12.4. The van der Waals surface area contributed by atoms with E-state index in [0.29, 0.717) is 0 Å². The second-order valence-corrected chi connectivity index (χ2v) is 15.1. The molecule has 0 amide bonds. The van der Waals surface area contributed by atoms with E-state index >= 15 is 0 Å². The molecule has 6 aromatic carbocycles. The standard InChI is InChI=1S/2C17H14P.2ClH.Fe.2Pd/c2*1-3-9-15(10-4-1)18(17-13-7-8-14-17)16-11-5-2-6-12-16;;;;;/h2*1-14H;2*1H;;;/q2*-1;;;3*+2/p-2. The number of benzene rings is 4. The van der Waals surface area contributed by atoms with Crippen LogP contribution in [0.15, 0.2) is 170 Å². The minimum atomic E-state index is -0.409. The van der Waals surface area contributed by atoms with Crippen molar-refractivity contribution in [2.45, 2.75) is 0 Å². The Bertz CT molecular complexity index is 1240. The van der Waals surface area contributed by atoms with Gasteiger partial charge in [0, 0.05) is 0 Å². The van der Waals surface area contributed by atoms with Gasteiger partial charge in [0.2, 0.25) is 0 Å². The molecule has 0 bridgehead atoms. The summed E-state index contributed by atoms with van der Waals surface area (Å²) in [5.74, 6) is 0. The van der Waals surface area contributed by atoms with Crippen LogP contribution in [0.1, 0.15) is 0 Å². The van der Waals surface area contributed by atoms with Gasteiger partial charge < -0.3 is 0 Å². The largest absolute Gasteiger partial charge is 2.00 e. The maximum Gasteiger partial charge on any atom is 2.00 e. The molecule has 0 aromatic heterocycles. The van der Waals surface area contributed by atoms with E-state index in [-0.39, 0.29) is 53.4 Å². The molecule has 0 N–H and O–H groups in total. The predicted molar refractivity (Wildman–Crippen MR) is 173 cm³/mol. The van der Waals surface area contributed by atoms with Crippen molar-refractivity contribution in [2.75, 3.05) is 0 Å². The Labute approximate surface area is 287 Å². The summed E-state index contributed by atoms with van der Waals surface area (Å²) in [6.45, 7) is 0. The van der Waals surface area contributed by atoms with Crippen molar-refractivity contribution in [3.8, 4) is 0 Å². The van der Waals surface area contributed by atoms with E-state index in [0.717, 1.165) is 0 Å². The Balaban J connectivity index is 0.000000251. The van der Waals surface area contributed by atoms with Crippen LogP contribution < -0.4 is 31.8 Å². The van der Waals surface area contributed by atoms with Gasteiger partial charge >= 0.3 is 72.5 Å². The molecule has 0 nitrogen and oxygen atoms in total.